The Bertz CT molecular complexity index is 1290. The molecule has 1 unspecified atom stereocenters. The first kappa shape index (κ1) is 26.9. The molecule has 2 heteroatoms. The van der Waals surface area contributed by atoms with Crippen LogP contribution in [0.15, 0.2) is 88.5 Å². The summed E-state index contributed by atoms with van der Waals surface area (Å²) in [6, 6.07) is 21.7. The molecule has 188 valence electrons. The summed E-state index contributed by atoms with van der Waals surface area (Å²) in [6.07, 6.45) is 6.36. The number of rotatable bonds is 3. The Kier molecular flexibility index (Phi) is 7.72. The van der Waals surface area contributed by atoms with Crippen LogP contribution < -0.4 is 0 Å². The molecule has 0 bridgehead atoms. The van der Waals surface area contributed by atoms with E-state index in [2.05, 4.69) is 84.1 Å². The molecule has 3 aromatic rings. The molecule has 0 spiro atoms. The number of allylic oxidation sites excluding steroid dienone is 5. The van der Waals surface area contributed by atoms with Gasteiger partial charge in [0, 0.05) is 0 Å². The first-order valence-corrected chi connectivity index (χ1v) is 16.5. The molecule has 0 nitrogen and oxygen atoms in total. The van der Waals surface area contributed by atoms with Crippen molar-refractivity contribution in [3.8, 4) is 11.1 Å². The minimum absolute atomic E-state index is 0. The molecule has 6 rings (SSSR count). The van der Waals surface area contributed by atoms with E-state index < -0.39 is 8.07 Å². The van der Waals surface area contributed by atoms with Crippen molar-refractivity contribution in [1.29, 1.82) is 0 Å². The Balaban J connectivity index is 0.000000455. The van der Waals surface area contributed by atoms with Gasteiger partial charge in [-0.3, -0.25) is 0 Å². The maximum atomic E-state index is 2.66. The van der Waals surface area contributed by atoms with E-state index in [-0.39, 0.29) is 17.1 Å². The van der Waals surface area contributed by atoms with Gasteiger partial charge in [0.25, 0.3) is 0 Å². The molecule has 0 radical (unpaired) electrons. The van der Waals surface area contributed by atoms with Gasteiger partial charge in [-0.05, 0) is 63.3 Å². The van der Waals surface area contributed by atoms with Gasteiger partial charge in [0.1, 0.15) is 0 Å². The fourth-order valence-electron chi connectivity index (χ4n) is 7.55. The predicted octanol–water partition coefficient (Wildman–Crippen LogP) is 9.77. The van der Waals surface area contributed by atoms with E-state index in [1.54, 1.807) is 55.7 Å². The molecule has 3 aliphatic rings. The van der Waals surface area contributed by atoms with E-state index in [1.165, 1.54) is 24.8 Å². The number of aryl methyl sites for hydroxylation is 1. The second-order valence-electron chi connectivity index (χ2n) is 11.6. The molecule has 0 saturated heterocycles. The van der Waals surface area contributed by atoms with Crippen LogP contribution in [-0.2, 0) is 29.9 Å². The van der Waals surface area contributed by atoms with Gasteiger partial charge < -0.3 is 0 Å². The summed E-state index contributed by atoms with van der Waals surface area (Å²) in [7, 11) is -1.69. The third kappa shape index (κ3) is 4.32. The second-order valence-corrected chi connectivity index (χ2v) is 16.4. The number of benzene rings is 1. The van der Waals surface area contributed by atoms with Crippen molar-refractivity contribution >= 4 is 14.1 Å². The SMILES string of the molecule is CC1=Cc2c(cc3c(c2-[c-]2cccc2)CCC3)C1[Si](C)(C)C1C(C)=C(C)C(C)=C1C.[Fe+2].c1cc[cH-]c1. The zero-order chi connectivity index (χ0) is 24.9. The van der Waals surface area contributed by atoms with Crippen LogP contribution in [0, 0.1) is 0 Å². The van der Waals surface area contributed by atoms with Gasteiger partial charge in [-0.2, -0.15) is 30.3 Å². The van der Waals surface area contributed by atoms with Crippen LogP contribution in [0.2, 0.25) is 18.6 Å². The molecule has 0 aromatic heterocycles. The summed E-state index contributed by atoms with van der Waals surface area (Å²) in [5, 5.41) is 0. The molecule has 3 aliphatic carbocycles. The van der Waals surface area contributed by atoms with E-state index in [0.717, 1.165) is 0 Å². The summed E-state index contributed by atoms with van der Waals surface area (Å²) >= 11 is 0. The molecule has 0 amide bonds. The van der Waals surface area contributed by atoms with Crippen molar-refractivity contribution in [2.75, 3.05) is 0 Å². The normalized spacial score (nSPS) is 19.1. The summed E-state index contributed by atoms with van der Waals surface area (Å²) < 4.78 is 0. The zero-order valence-corrected chi connectivity index (χ0v) is 25.1. The van der Waals surface area contributed by atoms with Gasteiger partial charge >= 0.3 is 17.1 Å². The van der Waals surface area contributed by atoms with Gasteiger partial charge in [0.05, 0.1) is 8.07 Å². The van der Waals surface area contributed by atoms with Gasteiger partial charge in [-0.25, -0.2) is 12.1 Å². The molecule has 0 fully saturated rings. The quantitative estimate of drug-likeness (QED) is 0.233. The zero-order valence-electron chi connectivity index (χ0n) is 23.0. The minimum Gasteiger partial charge on any atom is -0.214 e. The monoisotopic (exact) mass is 532 g/mol. The van der Waals surface area contributed by atoms with Crippen LogP contribution in [0.1, 0.15) is 68.8 Å². The van der Waals surface area contributed by atoms with Crippen LogP contribution in [0.4, 0.5) is 0 Å². The Labute approximate surface area is 230 Å². The van der Waals surface area contributed by atoms with Crippen LogP contribution >= 0.6 is 0 Å². The van der Waals surface area contributed by atoms with E-state index >= 15 is 0 Å². The molecule has 36 heavy (non-hydrogen) atoms. The Hall–Kier alpha value is -2.12. The first-order valence-electron chi connectivity index (χ1n) is 13.3. The number of hydrogen-bond acceptors (Lipinski definition) is 0. The van der Waals surface area contributed by atoms with E-state index in [4.69, 9.17) is 0 Å². The summed E-state index contributed by atoms with van der Waals surface area (Å²) in [5.41, 5.74) is 18.7. The topological polar surface area (TPSA) is 0 Å². The van der Waals surface area contributed by atoms with Crippen LogP contribution in [-0.4, -0.2) is 8.07 Å². The molecule has 0 heterocycles. The van der Waals surface area contributed by atoms with E-state index in [0.29, 0.717) is 11.1 Å². The Morgan fingerprint density at radius 2 is 1.44 bits per heavy atom. The Morgan fingerprint density at radius 3 is 2.00 bits per heavy atom. The summed E-state index contributed by atoms with van der Waals surface area (Å²) in [4.78, 5) is 0. The fraction of sp³-hybridized carbons (Fsp3) is 0.353. The van der Waals surface area contributed by atoms with Gasteiger partial charge in [-0.15, -0.1) is 23.3 Å². The third-order valence-corrected chi connectivity index (χ3v) is 13.8. The van der Waals surface area contributed by atoms with Gasteiger partial charge in [0.2, 0.25) is 0 Å². The Morgan fingerprint density at radius 1 is 0.833 bits per heavy atom. The van der Waals surface area contributed by atoms with E-state index in [9.17, 15) is 0 Å². The number of hydrogen-bond donors (Lipinski definition) is 0. The van der Waals surface area contributed by atoms with Crippen molar-refractivity contribution in [3.05, 3.63) is 111 Å². The first-order chi connectivity index (χ1) is 16.7. The summed E-state index contributed by atoms with van der Waals surface area (Å²) in [5.74, 6) is 0. The maximum Gasteiger partial charge on any atom is 2.00 e. The van der Waals surface area contributed by atoms with Crippen LogP contribution in [0.5, 0.6) is 0 Å². The largest absolute Gasteiger partial charge is 2.00 e. The average Bonchev–Trinajstić information content (AvgIpc) is 3.63. The second kappa shape index (κ2) is 10.3. The van der Waals surface area contributed by atoms with Crippen molar-refractivity contribution in [1.82, 2.24) is 0 Å². The molecular formula is C34H40FeSi. The van der Waals surface area contributed by atoms with Crippen molar-refractivity contribution in [3.63, 3.8) is 0 Å². The smallest absolute Gasteiger partial charge is 0.214 e. The van der Waals surface area contributed by atoms with Crippen molar-refractivity contribution in [2.24, 2.45) is 0 Å². The van der Waals surface area contributed by atoms with Gasteiger partial charge in [-0.1, -0.05) is 77.1 Å². The van der Waals surface area contributed by atoms with E-state index in [1.807, 2.05) is 30.3 Å². The molecule has 3 aromatic carbocycles. The maximum absolute atomic E-state index is 2.66. The molecule has 1 atom stereocenters. The predicted molar refractivity (Wildman–Crippen MR) is 156 cm³/mol. The molecule has 0 N–H and O–H groups in total. The molecule has 0 saturated carbocycles. The minimum atomic E-state index is -1.69. The van der Waals surface area contributed by atoms with Crippen LogP contribution in [0.25, 0.3) is 17.2 Å². The van der Waals surface area contributed by atoms with Crippen molar-refractivity contribution in [2.45, 2.75) is 78.1 Å². The summed E-state index contributed by atoms with van der Waals surface area (Å²) in [6.45, 7) is 17.2. The standard InChI is InChI=1S/C29H35Si.C5H5.Fe/c1-17-15-25-26(16-23-13-10-14-24(23)27(25)22-11-8-9-12-22)28(17)30(6,7)29-20(4)18(2)19(3)21(29)5;1-2-4-5-3-1;/h8-9,11-12,15-16,28-29H,10,13-14H2,1-7H3;1-5H;/q2*-1;+2. The fourth-order valence-corrected chi connectivity index (χ4v) is 12.8. The molecular weight excluding hydrogens is 492 g/mol. The third-order valence-electron chi connectivity index (χ3n) is 9.22. The molecule has 0 aliphatic heterocycles. The van der Waals surface area contributed by atoms with Crippen LogP contribution in [0.3, 0.4) is 0 Å². The van der Waals surface area contributed by atoms with Gasteiger partial charge in [0.15, 0.2) is 0 Å². The van der Waals surface area contributed by atoms with Crippen molar-refractivity contribution < 1.29 is 17.1 Å². The number of fused-ring (bicyclic) bond motifs is 2. The average molecular weight is 533 g/mol.